The summed E-state index contributed by atoms with van der Waals surface area (Å²) < 4.78 is 37.5. The fourth-order valence-electron chi connectivity index (χ4n) is 0. The van der Waals surface area contributed by atoms with E-state index in [-0.39, 0.29) is 27.8 Å². The normalized spacial score (nSPS) is 8.43. The molecule has 7 nitrogen and oxygen atoms in total. The quantitative estimate of drug-likeness (QED) is 0.568. The van der Waals surface area contributed by atoms with E-state index in [0.29, 0.717) is 0 Å². The molecule has 0 aromatic rings. The zero-order chi connectivity index (χ0) is 15.1. The Morgan fingerprint density at radius 3 is 0.905 bits per heavy atom. The highest BCUT2D eigenvalue weighted by atomic mass is 36.0. The van der Waals surface area contributed by atoms with E-state index < -0.39 is 21.3 Å². The lowest BCUT2D eigenvalue weighted by Gasteiger charge is -1.74. The second-order valence-corrected chi connectivity index (χ2v) is 10.8. The van der Waals surface area contributed by atoms with Crippen molar-refractivity contribution in [1.29, 1.82) is 0 Å². The molecule has 0 aliphatic carbocycles. The van der Waals surface area contributed by atoms with Gasteiger partial charge in [0.15, 0.2) is 13.3 Å². The van der Waals surface area contributed by atoms with Crippen molar-refractivity contribution < 1.29 is 33.3 Å². The Labute approximate surface area is 145 Å². The van der Waals surface area contributed by atoms with Crippen molar-refractivity contribution in [2.24, 2.45) is 0 Å². The molecule has 0 rings (SSSR count). The van der Waals surface area contributed by atoms with Gasteiger partial charge in [-0.3, -0.25) is 4.57 Å². The molecule has 0 fully saturated rings. The maximum absolute atomic E-state index is 9.74. The molecule has 2 unspecified atom stereocenters. The van der Waals surface area contributed by atoms with Gasteiger partial charge in [-0.15, -0.1) is 9.05 Å². The van der Waals surface area contributed by atoms with Crippen molar-refractivity contribution in [3.63, 3.8) is 0 Å². The van der Waals surface area contributed by atoms with E-state index in [1.165, 1.54) is 27.5 Å². The molecule has 0 spiro atoms. The van der Waals surface area contributed by atoms with Gasteiger partial charge in [0.2, 0.25) is 0 Å². The standard InChI is InChI=1S/2C2H6O2P.CH4O.3CH4.Cl3OP.H2O/c2*1-4-5(2)3;1-2;;;;1-5(2,3)4;/h2*1-2H3;2H,1H3;3*1H4;;1H2/q2*+1;;;;;;. The van der Waals surface area contributed by atoms with Gasteiger partial charge in [0.25, 0.3) is 0 Å². The van der Waals surface area contributed by atoms with E-state index >= 15 is 0 Å². The van der Waals surface area contributed by atoms with Crippen LogP contribution in [0.15, 0.2) is 0 Å². The molecule has 0 aromatic heterocycles. The lowest BCUT2D eigenvalue weighted by atomic mass is 11.8. The molecule has 2 atom stereocenters. The molecule has 0 saturated carbocycles. The number of aliphatic hydroxyl groups is 1. The summed E-state index contributed by atoms with van der Waals surface area (Å²) in [5.74, 6) is 0. The Balaban J connectivity index is -0.0000000174. The lowest BCUT2D eigenvalue weighted by Crippen LogP contribution is -1.56. The molecule has 0 heterocycles. The Hall–Kier alpha value is 1.14. The molecular formula is C8H30Cl3O7P3+2. The highest BCUT2D eigenvalue weighted by Crippen LogP contribution is 2.61. The predicted molar refractivity (Wildman–Crippen MR) is 98.2 cm³/mol. The SMILES string of the molecule is C.C.C.CO.CO[P+](C)=O.CO[P+](C)=O.O.O=P(Cl)(Cl)Cl. The predicted octanol–water partition coefficient (Wildman–Crippen LogP) is 5.51. The van der Waals surface area contributed by atoms with Crippen molar-refractivity contribution in [3.8, 4) is 0 Å². The third kappa shape index (κ3) is 293. The van der Waals surface area contributed by atoms with Crippen LogP contribution in [0.5, 0.6) is 0 Å². The second kappa shape index (κ2) is 37.4. The minimum absolute atomic E-state index is 0. The largest absolute Gasteiger partial charge is 0.504 e. The van der Waals surface area contributed by atoms with E-state index in [9.17, 15) is 13.7 Å². The van der Waals surface area contributed by atoms with Crippen LogP contribution in [0.25, 0.3) is 0 Å². The van der Waals surface area contributed by atoms with Crippen LogP contribution in [-0.2, 0) is 22.7 Å². The van der Waals surface area contributed by atoms with Gasteiger partial charge in [-0.25, -0.2) is 0 Å². The van der Waals surface area contributed by atoms with Crippen molar-refractivity contribution >= 4 is 55.0 Å². The first kappa shape index (κ1) is 49.5. The van der Waals surface area contributed by atoms with E-state index in [2.05, 4.69) is 42.8 Å². The van der Waals surface area contributed by atoms with Crippen LogP contribution in [0.2, 0.25) is 0 Å². The molecule has 21 heavy (non-hydrogen) atoms. The minimum Gasteiger partial charge on any atom is -0.412 e. The van der Waals surface area contributed by atoms with Crippen LogP contribution in [0.3, 0.4) is 0 Å². The van der Waals surface area contributed by atoms with Gasteiger partial charge < -0.3 is 10.6 Å². The molecule has 13 heteroatoms. The van der Waals surface area contributed by atoms with Crippen LogP contribution in [0.1, 0.15) is 22.3 Å². The first-order valence-electron chi connectivity index (χ1n) is 3.58. The van der Waals surface area contributed by atoms with Crippen molar-refractivity contribution in [1.82, 2.24) is 0 Å². The molecule has 138 valence electrons. The highest BCUT2D eigenvalue weighted by Gasteiger charge is 2.03. The molecule has 0 aliphatic rings. The van der Waals surface area contributed by atoms with Gasteiger partial charge in [0.1, 0.15) is 0 Å². The van der Waals surface area contributed by atoms with Gasteiger partial charge in [-0.1, -0.05) is 22.3 Å². The molecule has 0 aliphatic heterocycles. The first-order valence-corrected chi connectivity index (χ1v) is 11.2. The Bertz CT molecular complexity index is 217. The molecule has 0 aromatic carbocycles. The van der Waals surface area contributed by atoms with Crippen molar-refractivity contribution in [2.75, 3.05) is 34.7 Å². The van der Waals surface area contributed by atoms with Gasteiger partial charge in [0.05, 0.1) is 14.2 Å². The average molecular weight is 438 g/mol. The summed E-state index contributed by atoms with van der Waals surface area (Å²) in [6.07, 6.45) is 0. The maximum Gasteiger partial charge on any atom is 0.504 e. The van der Waals surface area contributed by atoms with Crippen LogP contribution < -0.4 is 0 Å². The molecule has 0 radical (unpaired) electrons. The summed E-state index contributed by atoms with van der Waals surface area (Å²) in [5.41, 5.74) is 0. The third-order valence-corrected chi connectivity index (χ3v) is 1.54. The summed E-state index contributed by atoms with van der Waals surface area (Å²) in [6, 6.07) is 0. The highest BCUT2D eigenvalue weighted by molar-refractivity contribution is 8.24. The van der Waals surface area contributed by atoms with Gasteiger partial charge in [-0.05, 0) is 42.9 Å². The molecule has 0 saturated heterocycles. The zero-order valence-electron chi connectivity index (χ0n) is 10.5. The minimum atomic E-state index is -3.22. The Kier molecular flexibility index (Phi) is 88.2. The molecule has 0 bridgehead atoms. The van der Waals surface area contributed by atoms with E-state index in [0.717, 1.165) is 7.11 Å². The fraction of sp³-hybridized carbons (Fsp3) is 1.00. The van der Waals surface area contributed by atoms with E-state index in [4.69, 9.17) is 5.11 Å². The third-order valence-electron chi connectivity index (χ3n) is 0.514. The Morgan fingerprint density at radius 2 is 0.905 bits per heavy atom. The monoisotopic (exact) mass is 436 g/mol. The average Bonchev–Trinajstić information content (AvgIpc) is 2.19. The van der Waals surface area contributed by atoms with Crippen molar-refractivity contribution in [2.45, 2.75) is 22.3 Å². The maximum atomic E-state index is 9.74. The Morgan fingerprint density at radius 1 is 0.857 bits per heavy atom. The van der Waals surface area contributed by atoms with Crippen LogP contribution in [0.4, 0.5) is 0 Å². The second-order valence-electron chi connectivity index (χ2n) is 1.64. The number of hydrogen-bond acceptors (Lipinski definition) is 6. The zero-order valence-corrected chi connectivity index (χ0v) is 15.4. The number of rotatable bonds is 2. The van der Waals surface area contributed by atoms with Gasteiger partial charge in [-0.2, -0.15) is 0 Å². The van der Waals surface area contributed by atoms with Crippen LogP contribution in [0, 0.1) is 0 Å². The number of halogens is 3. The topological polar surface area (TPSA) is 121 Å². The fourth-order valence-corrected chi connectivity index (χ4v) is 0. The number of hydrogen-bond donors (Lipinski definition) is 1. The van der Waals surface area contributed by atoms with Gasteiger partial charge >= 0.3 is 21.3 Å². The smallest absolute Gasteiger partial charge is 0.412 e. The van der Waals surface area contributed by atoms with E-state index in [1.54, 1.807) is 0 Å². The van der Waals surface area contributed by atoms with Crippen LogP contribution >= 0.6 is 55.0 Å². The summed E-state index contributed by atoms with van der Waals surface area (Å²) in [7, 11) is 1.13. The van der Waals surface area contributed by atoms with Gasteiger partial charge in [0, 0.05) is 7.11 Å². The molecule has 3 N–H and O–H groups in total. The molecule has 0 amide bonds. The first-order chi connectivity index (χ1) is 7.54. The van der Waals surface area contributed by atoms with Crippen molar-refractivity contribution in [3.05, 3.63) is 0 Å². The lowest BCUT2D eigenvalue weighted by molar-refractivity contribution is 0.399. The summed E-state index contributed by atoms with van der Waals surface area (Å²) in [5, 5.41) is 3.78. The number of aliphatic hydroxyl groups excluding tert-OH is 1. The summed E-state index contributed by atoms with van der Waals surface area (Å²) in [6.45, 7) is 3.02. The summed E-state index contributed by atoms with van der Waals surface area (Å²) >= 11 is 13.8. The van der Waals surface area contributed by atoms with Crippen LogP contribution in [-0.4, -0.2) is 45.2 Å². The molecular weight excluding hydrogens is 407 g/mol. The summed E-state index contributed by atoms with van der Waals surface area (Å²) in [4.78, 5) is 0. The van der Waals surface area contributed by atoms with E-state index in [1.807, 2.05) is 0 Å².